The number of carbonyl (C=O) groups is 2. The number of para-hydroxylation sites is 2. The smallest absolute Gasteiger partial charge is 0.408 e. The van der Waals surface area contributed by atoms with Crippen LogP contribution in [-0.2, 0) is 14.3 Å². The summed E-state index contributed by atoms with van der Waals surface area (Å²) in [5.74, 6) is 0.312. The Balaban J connectivity index is 2.35. The molecule has 1 saturated heterocycles. The number of hydrogen-bond donors (Lipinski definition) is 1. The molecular weight excluding hydrogens is 338 g/mol. The minimum atomic E-state index is -0.813. The minimum absolute atomic E-state index is 0.312. The molecule has 0 unspecified atom stereocenters. The third-order valence-electron chi connectivity index (χ3n) is 4.27. The molecule has 1 heterocycles. The molecule has 26 heavy (non-hydrogen) atoms. The van der Waals surface area contributed by atoms with Gasteiger partial charge in [-0.25, -0.2) is 4.79 Å². The number of methoxy groups -OCH3 is 1. The first-order valence-electron chi connectivity index (χ1n) is 8.60. The van der Waals surface area contributed by atoms with Crippen molar-refractivity contribution in [3.05, 3.63) is 24.3 Å². The molecule has 1 fully saturated rings. The van der Waals surface area contributed by atoms with Gasteiger partial charge in [-0.05, 0) is 25.2 Å². The molecule has 0 atom stereocenters. The van der Waals surface area contributed by atoms with Crippen LogP contribution in [-0.4, -0.2) is 70.6 Å². The monoisotopic (exact) mass is 365 g/mol. The van der Waals surface area contributed by atoms with E-state index in [-0.39, 0.29) is 0 Å². The summed E-state index contributed by atoms with van der Waals surface area (Å²) in [6.45, 7) is 2.23. The summed E-state index contributed by atoms with van der Waals surface area (Å²) < 4.78 is 16.6. The van der Waals surface area contributed by atoms with Gasteiger partial charge in [-0.3, -0.25) is 9.69 Å². The Hall–Kier alpha value is -2.16. The lowest BCUT2D eigenvalue weighted by Crippen LogP contribution is -2.56. The second-order valence-corrected chi connectivity index (χ2v) is 6.24. The Morgan fingerprint density at radius 1 is 1.23 bits per heavy atom. The average molecular weight is 365 g/mol. The van der Waals surface area contributed by atoms with Crippen molar-refractivity contribution in [2.45, 2.75) is 18.6 Å². The molecule has 0 spiro atoms. The molecular formula is C18H27N3O5. The van der Waals surface area contributed by atoms with Gasteiger partial charge < -0.3 is 24.4 Å². The largest absolute Gasteiger partial charge is 0.414 e. The van der Waals surface area contributed by atoms with E-state index in [1.165, 1.54) is 9.80 Å². The van der Waals surface area contributed by atoms with Gasteiger partial charge >= 0.3 is 6.09 Å². The van der Waals surface area contributed by atoms with Crippen LogP contribution in [0.4, 0.5) is 10.5 Å². The van der Waals surface area contributed by atoms with Gasteiger partial charge in [0, 0.05) is 34.0 Å². The van der Waals surface area contributed by atoms with Crippen LogP contribution >= 0.6 is 0 Å². The molecule has 1 aromatic carbocycles. The number of ether oxygens (including phenoxy) is 3. The van der Waals surface area contributed by atoms with E-state index in [0.29, 0.717) is 37.5 Å². The van der Waals surface area contributed by atoms with E-state index in [2.05, 4.69) is 5.32 Å². The summed E-state index contributed by atoms with van der Waals surface area (Å²) in [5.41, 5.74) is -0.316. The first-order chi connectivity index (χ1) is 12.5. The van der Waals surface area contributed by atoms with Crippen LogP contribution in [0.3, 0.4) is 0 Å². The molecule has 1 N–H and O–H groups in total. The number of carbonyl (C=O) groups excluding carboxylic acids is 2. The average Bonchev–Trinajstić information content (AvgIpc) is 2.64. The summed E-state index contributed by atoms with van der Waals surface area (Å²) in [6.07, 6.45) is 1.46. The summed E-state index contributed by atoms with van der Waals surface area (Å²) in [4.78, 5) is 26.9. The maximum Gasteiger partial charge on any atom is 0.414 e. The molecule has 0 aromatic heterocycles. The molecule has 0 bridgehead atoms. The van der Waals surface area contributed by atoms with Gasteiger partial charge in [0.2, 0.25) is 6.41 Å². The number of benzene rings is 1. The molecule has 8 nitrogen and oxygen atoms in total. The summed E-state index contributed by atoms with van der Waals surface area (Å²) in [5, 5.41) is 3.28. The first-order valence-corrected chi connectivity index (χ1v) is 8.60. The number of nitrogens with one attached hydrogen (secondary N) is 1. The Labute approximate surface area is 154 Å². The summed E-state index contributed by atoms with van der Waals surface area (Å²) in [6, 6.07) is 6.96. The van der Waals surface area contributed by atoms with Crippen molar-refractivity contribution in [3.8, 4) is 5.75 Å². The minimum Gasteiger partial charge on any atom is -0.408 e. The number of piperidine rings is 1. The third-order valence-corrected chi connectivity index (χ3v) is 4.27. The fraction of sp³-hybridized carbons (Fsp3) is 0.556. The topological polar surface area (TPSA) is 80.3 Å². The number of amides is 2. The van der Waals surface area contributed by atoms with Crippen molar-refractivity contribution in [3.63, 3.8) is 0 Å². The highest BCUT2D eigenvalue weighted by molar-refractivity contribution is 5.82. The van der Waals surface area contributed by atoms with Crippen LogP contribution in [0.2, 0.25) is 0 Å². The molecule has 1 aliphatic rings. The molecule has 1 aromatic rings. The molecule has 144 valence electrons. The van der Waals surface area contributed by atoms with Crippen LogP contribution in [0.1, 0.15) is 12.8 Å². The Bertz CT molecular complexity index is 602. The van der Waals surface area contributed by atoms with Crippen molar-refractivity contribution in [2.24, 2.45) is 0 Å². The Morgan fingerprint density at radius 2 is 1.92 bits per heavy atom. The van der Waals surface area contributed by atoms with Crippen LogP contribution in [0.15, 0.2) is 24.3 Å². The Morgan fingerprint density at radius 3 is 2.54 bits per heavy atom. The van der Waals surface area contributed by atoms with Crippen molar-refractivity contribution in [2.75, 3.05) is 52.4 Å². The molecule has 1 aliphatic heterocycles. The van der Waals surface area contributed by atoms with Gasteiger partial charge in [0.05, 0.1) is 18.9 Å². The lowest BCUT2D eigenvalue weighted by Gasteiger charge is -2.44. The molecule has 0 radical (unpaired) electrons. The SMILES string of the molecule is COCCOC1(N(C=O)c2ccccc2OC(=O)N(C)C)CCNCC1. The quantitative estimate of drug-likeness (QED) is 0.427. The van der Waals surface area contributed by atoms with Crippen LogP contribution in [0.25, 0.3) is 0 Å². The van der Waals surface area contributed by atoms with Crippen molar-refractivity contribution in [1.29, 1.82) is 0 Å². The van der Waals surface area contributed by atoms with Crippen LogP contribution < -0.4 is 15.0 Å². The number of nitrogens with zero attached hydrogens (tertiary/aromatic N) is 2. The zero-order valence-electron chi connectivity index (χ0n) is 15.6. The van der Waals surface area contributed by atoms with Gasteiger partial charge in [0.15, 0.2) is 5.75 Å². The zero-order chi connectivity index (χ0) is 19.0. The van der Waals surface area contributed by atoms with E-state index in [1.54, 1.807) is 45.5 Å². The van der Waals surface area contributed by atoms with Gasteiger partial charge in [-0.15, -0.1) is 0 Å². The Kier molecular flexibility index (Phi) is 7.38. The highest BCUT2D eigenvalue weighted by atomic mass is 16.6. The van der Waals surface area contributed by atoms with Crippen molar-refractivity contribution in [1.82, 2.24) is 10.2 Å². The number of rotatable bonds is 8. The van der Waals surface area contributed by atoms with E-state index in [4.69, 9.17) is 14.2 Å². The molecule has 8 heteroatoms. The zero-order valence-corrected chi connectivity index (χ0v) is 15.6. The van der Waals surface area contributed by atoms with E-state index in [1.807, 2.05) is 0 Å². The third kappa shape index (κ3) is 4.72. The fourth-order valence-corrected chi connectivity index (χ4v) is 2.89. The summed E-state index contributed by atoms with van der Waals surface area (Å²) in [7, 11) is 4.81. The normalized spacial score (nSPS) is 16.0. The van der Waals surface area contributed by atoms with E-state index < -0.39 is 11.8 Å². The van der Waals surface area contributed by atoms with Crippen molar-refractivity contribution >= 4 is 18.2 Å². The van der Waals surface area contributed by atoms with Crippen molar-refractivity contribution < 1.29 is 23.8 Å². The highest BCUT2D eigenvalue weighted by Gasteiger charge is 2.40. The predicted molar refractivity (Wildman–Crippen MR) is 97.4 cm³/mol. The molecule has 2 amide bonds. The van der Waals surface area contributed by atoms with E-state index >= 15 is 0 Å². The van der Waals surface area contributed by atoms with Crippen LogP contribution in [0.5, 0.6) is 5.75 Å². The lowest BCUT2D eigenvalue weighted by molar-refractivity contribution is -0.120. The summed E-state index contributed by atoms with van der Waals surface area (Å²) >= 11 is 0. The lowest BCUT2D eigenvalue weighted by atomic mass is 9.98. The van der Waals surface area contributed by atoms with Gasteiger partial charge in [0.1, 0.15) is 5.72 Å². The fourth-order valence-electron chi connectivity index (χ4n) is 2.89. The van der Waals surface area contributed by atoms with Gasteiger partial charge in [-0.1, -0.05) is 12.1 Å². The second kappa shape index (κ2) is 9.51. The molecule has 2 rings (SSSR count). The first kappa shape index (κ1) is 20.2. The van der Waals surface area contributed by atoms with E-state index in [9.17, 15) is 9.59 Å². The van der Waals surface area contributed by atoms with E-state index in [0.717, 1.165) is 19.5 Å². The molecule has 0 saturated carbocycles. The standard InChI is InChI=1S/C18H27N3O5/c1-20(2)17(23)26-16-7-5-4-6-15(16)21(14-22)18(25-13-12-24-3)8-10-19-11-9-18/h4-7,14,19H,8-13H2,1-3H3. The van der Waals surface area contributed by atoms with Crippen LogP contribution in [0, 0.1) is 0 Å². The number of hydrogen-bond acceptors (Lipinski definition) is 6. The molecule has 0 aliphatic carbocycles. The maximum absolute atomic E-state index is 12.1. The predicted octanol–water partition coefficient (Wildman–Crippen LogP) is 1.45. The second-order valence-electron chi connectivity index (χ2n) is 6.24. The van der Waals surface area contributed by atoms with Gasteiger partial charge in [0.25, 0.3) is 0 Å². The van der Waals surface area contributed by atoms with Gasteiger partial charge in [-0.2, -0.15) is 0 Å². The highest BCUT2D eigenvalue weighted by Crippen LogP contribution is 2.37. The maximum atomic E-state index is 12.1. The number of anilines is 1.